The van der Waals surface area contributed by atoms with Crippen molar-refractivity contribution < 1.29 is 0 Å². The Morgan fingerprint density at radius 1 is 1.22 bits per heavy atom. The highest BCUT2D eigenvalue weighted by Crippen LogP contribution is 2.15. The number of nitrogens with zero attached hydrogens (tertiary/aromatic N) is 2. The molecule has 0 aromatic heterocycles. The zero-order chi connectivity index (χ0) is 16.5. The Kier molecular flexibility index (Phi) is 7.69. The molecule has 0 spiro atoms. The summed E-state index contributed by atoms with van der Waals surface area (Å²) in [6.45, 7) is 7.18. The lowest BCUT2D eigenvalue weighted by atomic mass is 9.97. The number of hydrogen-bond acceptors (Lipinski definition) is 2. The normalized spacial score (nSPS) is 17.3. The fraction of sp³-hybridized carbons (Fsp3) is 0.611. The van der Waals surface area contributed by atoms with Crippen molar-refractivity contribution in [2.75, 3.05) is 39.8 Å². The minimum absolute atomic E-state index is 0.720. The van der Waals surface area contributed by atoms with Gasteiger partial charge in [-0.05, 0) is 69.9 Å². The molecule has 0 atom stereocenters. The van der Waals surface area contributed by atoms with E-state index in [9.17, 15) is 0 Å². The molecule has 2 N–H and O–H groups in total. The minimum atomic E-state index is 0.720. The van der Waals surface area contributed by atoms with Crippen LogP contribution in [0.1, 0.15) is 25.3 Å². The number of halogens is 1. The Balaban J connectivity index is 1.76. The molecule has 4 nitrogen and oxygen atoms in total. The van der Waals surface area contributed by atoms with Gasteiger partial charge in [0.15, 0.2) is 5.96 Å². The summed E-state index contributed by atoms with van der Waals surface area (Å²) in [5.41, 5.74) is 1.29. The molecular formula is C18H29ClN4. The standard InChI is InChI=1S/C18H29ClN4/c1-3-20-18(22-14-16-9-12-23(2)13-10-16)21-11-8-15-4-6-17(19)7-5-15/h4-7,16H,3,8-14H2,1-2H3,(H2,20,21,22). The van der Waals surface area contributed by atoms with Gasteiger partial charge < -0.3 is 15.5 Å². The molecule has 1 aromatic rings. The van der Waals surface area contributed by atoms with E-state index in [0.29, 0.717) is 0 Å². The second-order valence-corrected chi connectivity index (χ2v) is 6.71. The largest absolute Gasteiger partial charge is 0.357 e. The molecule has 0 amide bonds. The molecule has 0 unspecified atom stereocenters. The smallest absolute Gasteiger partial charge is 0.191 e. The zero-order valence-corrected chi connectivity index (χ0v) is 15.1. The maximum atomic E-state index is 5.91. The first-order valence-electron chi connectivity index (χ1n) is 8.62. The third-order valence-corrected chi connectivity index (χ3v) is 4.56. The molecule has 1 aliphatic heterocycles. The molecule has 128 valence electrons. The quantitative estimate of drug-likeness (QED) is 0.620. The van der Waals surface area contributed by atoms with Crippen molar-refractivity contribution >= 4 is 17.6 Å². The van der Waals surface area contributed by atoms with Crippen LogP contribution in [0.4, 0.5) is 0 Å². The number of benzene rings is 1. The molecule has 23 heavy (non-hydrogen) atoms. The van der Waals surface area contributed by atoms with Gasteiger partial charge in [-0.3, -0.25) is 4.99 Å². The Bertz CT molecular complexity index is 478. The molecule has 1 saturated heterocycles. The van der Waals surface area contributed by atoms with E-state index >= 15 is 0 Å². The monoisotopic (exact) mass is 336 g/mol. The molecule has 2 rings (SSSR count). The van der Waals surface area contributed by atoms with Crippen molar-refractivity contribution in [1.82, 2.24) is 15.5 Å². The molecular weight excluding hydrogens is 308 g/mol. The van der Waals surface area contributed by atoms with Crippen LogP contribution in [0.15, 0.2) is 29.3 Å². The summed E-state index contributed by atoms with van der Waals surface area (Å²) in [6.07, 6.45) is 3.48. The fourth-order valence-corrected chi connectivity index (χ4v) is 2.91. The molecule has 1 fully saturated rings. The van der Waals surface area contributed by atoms with Gasteiger partial charge in [-0.25, -0.2) is 0 Å². The predicted octanol–water partition coefficient (Wildman–Crippen LogP) is 2.78. The number of piperidine rings is 1. The average Bonchev–Trinajstić information content (AvgIpc) is 2.56. The molecule has 0 radical (unpaired) electrons. The summed E-state index contributed by atoms with van der Waals surface area (Å²) >= 11 is 5.91. The van der Waals surface area contributed by atoms with Gasteiger partial charge in [0.25, 0.3) is 0 Å². The number of likely N-dealkylation sites (tertiary alicyclic amines) is 1. The van der Waals surface area contributed by atoms with E-state index in [1.807, 2.05) is 12.1 Å². The van der Waals surface area contributed by atoms with E-state index in [1.165, 1.54) is 31.5 Å². The molecule has 1 aliphatic rings. The van der Waals surface area contributed by atoms with Crippen LogP contribution in [0.3, 0.4) is 0 Å². The van der Waals surface area contributed by atoms with Crippen LogP contribution in [-0.2, 0) is 6.42 Å². The molecule has 0 bridgehead atoms. The van der Waals surface area contributed by atoms with Crippen LogP contribution in [0.2, 0.25) is 5.02 Å². The number of aliphatic imine (C=N–C) groups is 1. The third-order valence-electron chi connectivity index (χ3n) is 4.31. The van der Waals surface area contributed by atoms with Gasteiger partial charge in [0.2, 0.25) is 0 Å². The van der Waals surface area contributed by atoms with Gasteiger partial charge in [0.1, 0.15) is 0 Å². The van der Waals surface area contributed by atoms with E-state index in [1.54, 1.807) is 0 Å². The summed E-state index contributed by atoms with van der Waals surface area (Å²) < 4.78 is 0. The molecule has 0 saturated carbocycles. The minimum Gasteiger partial charge on any atom is -0.357 e. The summed E-state index contributed by atoms with van der Waals surface area (Å²) in [7, 11) is 2.20. The van der Waals surface area contributed by atoms with Gasteiger partial charge in [-0.15, -0.1) is 0 Å². The lowest BCUT2D eigenvalue weighted by molar-refractivity contribution is 0.223. The van der Waals surface area contributed by atoms with Crippen LogP contribution in [0.5, 0.6) is 0 Å². The van der Waals surface area contributed by atoms with Crippen molar-refractivity contribution in [2.24, 2.45) is 10.9 Å². The number of rotatable bonds is 6. The Labute approximate surface area is 145 Å². The van der Waals surface area contributed by atoms with Crippen molar-refractivity contribution in [3.63, 3.8) is 0 Å². The summed E-state index contributed by atoms with van der Waals surface area (Å²) in [5.74, 6) is 1.65. The summed E-state index contributed by atoms with van der Waals surface area (Å²) in [5, 5.41) is 7.55. The lowest BCUT2D eigenvalue weighted by Crippen LogP contribution is -2.39. The van der Waals surface area contributed by atoms with Crippen molar-refractivity contribution in [3.05, 3.63) is 34.9 Å². The van der Waals surface area contributed by atoms with E-state index in [2.05, 4.69) is 41.6 Å². The van der Waals surface area contributed by atoms with E-state index in [-0.39, 0.29) is 0 Å². The SMILES string of the molecule is CCNC(=NCC1CCN(C)CC1)NCCc1ccc(Cl)cc1. The highest BCUT2D eigenvalue weighted by atomic mass is 35.5. The molecule has 1 heterocycles. The van der Waals surface area contributed by atoms with Gasteiger partial charge >= 0.3 is 0 Å². The van der Waals surface area contributed by atoms with E-state index in [0.717, 1.165) is 43.0 Å². The Hall–Kier alpha value is -1.26. The van der Waals surface area contributed by atoms with Crippen molar-refractivity contribution in [1.29, 1.82) is 0 Å². The number of hydrogen-bond donors (Lipinski definition) is 2. The molecule has 5 heteroatoms. The van der Waals surface area contributed by atoms with Crippen LogP contribution in [0.25, 0.3) is 0 Å². The highest BCUT2D eigenvalue weighted by molar-refractivity contribution is 6.30. The highest BCUT2D eigenvalue weighted by Gasteiger charge is 2.16. The fourth-order valence-electron chi connectivity index (χ4n) is 2.78. The summed E-state index contributed by atoms with van der Waals surface area (Å²) in [4.78, 5) is 7.16. The third kappa shape index (κ3) is 6.80. The average molecular weight is 337 g/mol. The second-order valence-electron chi connectivity index (χ2n) is 6.27. The number of guanidine groups is 1. The first-order chi connectivity index (χ1) is 11.2. The van der Waals surface area contributed by atoms with Crippen LogP contribution in [0, 0.1) is 5.92 Å². The first kappa shape index (κ1) is 18.1. The van der Waals surface area contributed by atoms with Gasteiger partial charge in [0, 0.05) is 24.7 Å². The van der Waals surface area contributed by atoms with Crippen molar-refractivity contribution in [3.8, 4) is 0 Å². The van der Waals surface area contributed by atoms with Crippen LogP contribution < -0.4 is 10.6 Å². The van der Waals surface area contributed by atoms with E-state index < -0.39 is 0 Å². The van der Waals surface area contributed by atoms with Gasteiger partial charge in [-0.1, -0.05) is 23.7 Å². The Morgan fingerprint density at radius 2 is 1.91 bits per heavy atom. The van der Waals surface area contributed by atoms with Crippen LogP contribution >= 0.6 is 11.6 Å². The second kappa shape index (κ2) is 9.78. The van der Waals surface area contributed by atoms with Gasteiger partial charge in [-0.2, -0.15) is 0 Å². The number of nitrogens with one attached hydrogen (secondary N) is 2. The maximum absolute atomic E-state index is 5.91. The maximum Gasteiger partial charge on any atom is 0.191 e. The Morgan fingerprint density at radius 3 is 2.57 bits per heavy atom. The zero-order valence-electron chi connectivity index (χ0n) is 14.3. The van der Waals surface area contributed by atoms with Gasteiger partial charge in [0.05, 0.1) is 0 Å². The van der Waals surface area contributed by atoms with Crippen LogP contribution in [-0.4, -0.2) is 50.6 Å². The predicted molar refractivity (Wildman–Crippen MR) is 99.4 cm³/mol. The van der Waals surface area contributed by atoms with Crippen molar-refractivity contribution in [2.45, 2.75) is 26.2 Å². The first-order valence-corrected chi connectivity index (χ1v) is 9.00. The van der Waals surface area contributed by atoms with E-state index in [4.69, 9.17) is 16.6 Å². The molecule has 0 aliphatic carbocycles. The molecule has 1 aromatic carbocycles. The lowest BCUT2D eigenvalue weighted by Gasteiger charge is -2.28. The summed E-state index contributed by atoms with van der Waals surface area (Å²) in [6, 6.07) is 8.03. The topological polar surface area (TPSA) is 39.7 Å².